The molecule has 0 atom stereocenters. The Labute approximate surface area is 170 Å². The Bertz CT molecular complexity index is 969. The molecule has 1 saturated heterocycles. The Morgan fingerprint density at radius 3 is 2.41 bits per heavy atom. The fraction of sp³-hybridized carbons (Fsp3) is 0.381. The molecule has 2 aromatic rings. The van der Waals surface area contributed by atoms with Gasteiger partial charge in [-0.05, 0) is 74.7 Å². The number of hydrogen-bond donors (Lipinski definition) is 1. The summed E-state index contributed by atoms with van der Waals surface area (Å²) < 4.78 is 45.8. The summed E-state index contributed by atoms with van der Waals surface area (Å²) in [7, 11) is -3.62. The predicted octanol–water partition coefficient (Wildman–Crippen LogP) is 3.57. The molecule has 0 aromatic heterocycles. The number of halogens is 1. The van der Waals surface area contributed by atoms with E-state index in [1.54, 1.807) is 18.2 Å². The zero-order chi connectivity index (χ0) is 21.0. The molecule has 6 nitrogen and oxygen atoms in total. The minimum Gasteiger partial charge on any atom is -0.494 e. The highest BCUT2D eigenvalue weighted by molar-refractivity contribution is 7.89. The molecule has 1 aliphatic rings. The molecule has 3 rings (SSSR count). The third kappa shape index (κ3) is 4.94. The SMILES string of the molecule is CCOc1ccc(S(=O)(=O)N2CCC(C(=O)Nc3ccc(F)cc3)CC2)cc1C. The molecular weight excluding hydrogens is 395 g/mol. The number of anilines is 1. The lowest BCUT2D eigenvalue weighted by Gasteiger charge is -2.30. The molecule has 1 aliphatic heterocycles. The largest absolute Gasteiger partial charge is 0.494 e. The highest BCUT2D eigenvalue weighted by Gasteiger charge is 2.32. The van der Waals surface area contributed by atoms with Crippen molar-refractivity contribution in [3.63, 3.8) is 0 Å². The number of benzene rings is 2. The molecule has 2 aromatic carbocycles. The number of nitrogens with one attached hydrogen (secondary N) is 1. The van der Waals surface area contributed by atoms with Gasteiger partial charge in [-0.1, -0.05) is 0 Å². The molecular formula is C21H25FN2O4S. The van der Waals surface area contributed by atoms with Gasteiger partial charge < -0.3 is 10.1 Å². The van der Waals surface area contributed by atoms with Crippen LogP contribution < -0.4 is 10.1 Å². The summed E-state index contributed by atoms with van der Waals surface area (Å²) in [5.74, 6) is -0.159. The van der Waals surface area contributed by atoms with Crippen LogP contribution in [-0.4, -0.2) is 38.3 Å². The van der Waals surface area contributed by atoms with Crippen LogP contribution in [0.3, 0.4) is 0 Å². The number of aryl methyl sites for hydroxylation is 1. The van der Waals surface area contributed by atoms with E-state index in [9.17, 15) is 17.6 Å². The van der Waals surface area contributed by atoms with Gasteiger partial charge in [0.25, 0.3) is 0 Å². The lowest BCUT2D eigenvalue weighted by atomic mass is 9.97. The minimum absolute atomic E-state index is 0.175. The van der Waals surface area contributed by atoms with E-state index in [1.165, 1.54) is 28.6 Å². The molecule has 0 bridgehead atoms. The maximum absolute atomic E-state index is 13.0. The second kappa shape index (κ2) is 8.92. The van der Waals surface area contributed by atoms with Crippen LogP contribution in [-0.2, 0) is 14.8 Å². The van der Waals surface area contributed by atoms with Gasteiger partial charge in [0.15, 0.2) is 0 Å². The number of rotatable bonds is 6. The number of nitrogens with zero attached hydrogens (tertiary/aromatic N) is 1. The molecule has 0 spiro atoms. The van der Waals surface area contributed by atoms with Gasteiger partial charge in [-0.2, -0.15) is 4.31 Å². The van der Waals surface area contributed by atoms with Crippen LogP contribution in [0.5, 0.6) is 5.75 Å². The number of sulfonamides is 1. The molecule has 0 unspecified atom stereocenters. The van der Waals surface area contributed by atoms with E-state index in [0.717, 1.165) is 5.56 Å². The van der Waals surface area contributed by atoms with Crippen molar-refractivity contribution < 1.29 is 22.3 Å². The van der Waals surface area contributed by atoms with Crippen LogP contribution in [0.2, 0.25) is 0 Å². The van der Waals surface area contributed by atoms with E-state index in [2.05, 4.69) is 5.32 Å². The molecule has 0 radical (unpaired) electrons. The minimum atomic E-state index is -3.62. The first-order valence-corrected chi connectivity index (χ1v) is 11.1. The maximum Gasteiger partial charge on any atom is 0.243 e. The first-order chi connectivity index (χ1) is 13.8. The average molecular weight is 421 g/mol. The molecule has 156 valence electrons. The van der Waals surface area contributed by atoms with Crippen LogP contribution in [0.15, 0.2) is 47.4 Å². The Hall–Kier alpha value is -2.45. The van der Waals surface area contributed by atoms with Crippen molar-refractivity contribution in [1.82, 2.24) is 4.31 Å². The predicted molar refractivity (Wildman–Crippen MR) is 109 cm³/mol. The Kier molecular flexibility index (Phi) is 6.54. The van der Waals surface area contributed by atoms with Crippen LogP contribution in [0, 0.1) is 18.7 Å². The van der Waals surface area contributed by atoms with Crippen molar-refractivity contribution in [2.24, 2.45) is 5.92 Å². The molecule has 1 fully saturated rings. The van der Waals surface area contributed by atoms with Crippen LogP contribution in [0.25, 0.3) is 0 Å². The van der Waals surface area contributed by atoms with Gasteiger partial charge in [-0.25, -0.2) is 12.8 Å². The van der Waals surface area contributed by atoms with Crippen LogP contribution >= 0.6 is 0 Å². The van der Waals surface area contributed by atoms with Crippen molar-refractivity contribution in [2.45, 2.75) is 31.6 Å². The smallest absolute Gasteiger partial charge is 0.243 e. The van der Waals surface area contributed by atoms with Gasteiger partial charge in [0.05, 0.1) is 11.5 Å². The van der Waals surface area contributed by atoms with E-state index in [4.69, 9.17) is 4.74 Å². The summed E-state index contributed by atoms with van der Waals surface area (Å²) in [4.78, 5) is 12.7. The van der Waals surface area contributed by atoms with E-state index < -0.39 is 10.0 Å². The van der Waals surface area contributed by atoms with Gasteiger partial charge >= 0.3 is 0 Å². The summed E-state index contributed by atoms with van der Waals surface area (Å²) in [5, 5.41) is 2.76. The summed E-state index contributed by atoms with van der Waals surface area (Å²) in [6.45, 7) is 4.75. The number of amides is 1. The highest BCUT2D eigenvalue weighted by Crippen LogP contribution is 2.28. The summed E-state index contributed by atoms with van der Waals surface area (Å²) in [6.07, 6.45) is 0.866. The highest BCUT2D eigenvalue weighted by atomic mass is 32.2. The Morgan fingerprint density at radius 2 is 1.83 bits per heavy atom. The van der Waals surface area contributed by atoms with E-state index >= 15 is 0 Å². The summed E-state index contributed by atoms with van der Waals surface area (Å²) >= 11 is 0. The Balaban J connectivity index is 1.62. The number of carbonyl (C=O) groups excluding carboxylic acids is 1. The molecule has 0 aliphatic carbocycles. The number of carbonyl (C=O) groups is 1. The molecule has 1 amide bonds. The number of hydrogen-bond acceptors (Lipinski definition) is 4. The van der Waals surface area contributed by atoms with Gasteiger partial charge in [-0.15, -0.1) is 0 Å². The number of ether oxygens (including phenoxy) is 1. The van der Waals surface area contributed by atoms with Crippen molar-refractivity contribution in [1.29, 1.82) is 0 Å². The van der Waals surface area contributed by atoms with Gasteiger partial charge in [0, 0.05) is 24.7 Å². The standard InChI is InChI=1S/C21H25FN2O4S/c1-3-28-20-9-8-19(14-15(20)2)29(26,27)24-12-10-16(11-13-24)21(25)23-18-6-4-17(22)5-7-18/h4-9,14,16H,3,10-13H2,1-2H3,(H,23,25). The summed E-state index contributed by atoms with van der Waals surface area (Å²) in [6, 6.07) is 10.4. The molecule has 1 N–H and O–H groups in total. The fourth-order valence-corrected chi connectivity index (χ4v) is 4.94. The molecule has 29 heavy (non-hydrogen) atoms. The third-order valence-corrected chi connectivity index (χ3v) is 6.92. The first kappa shape index (κ1) is 21.3. The molecule has 0 saturated carbocycles. The second-order valence-electron chi connectivity index (χ2n) is 7.03. The second-order valence-corrected chi connectivity index (χ2v) is 8.97. The van der Waals surface area contributed by atoms with Gasteiger partial charge in [-0.3, -0.25) is 4.79 Å². The van der Waals surface area contributed by atoms with Crippen molar-refractivity contribution in [3.8, 4) is 5.75 Å². The van der Waals surface area contributed by atoms with Crippen molar-refractivity contribution >= 4 is 21.6 Å². The molecule has 8 heteroatoms. The zero-order valence-electron chi connectivity index (χ0n) is 16.5. The third-order valence-electron chi connectivity index (χ3n) is 5.02. The van der Waals surface area contributed by atoms with Crippen molar-refractivity contribution in [2.75, 3.05) is 25.0 Å². The Morgan fingerprint density at radius 1 is 1.17 bits per heavy atom. The van der Waals surface area contributed by atoms with E-state index in [-0.39, 0.29) is 35.6 Å². The lowest BCUT2D eigenvalue weighted by molar-refractivity contribution is -0.120. The molecule has 1 heterocycles. The monoisotopic (exact) mass is 420 g/mol. The fourth-order valence-electron chi connectivity index (χ4n) is 3.38. The zero-order valence-corrected chi connectivity index (χ0v) is 17.3. The summed E-state index contributed by atoms with van der Waals surface area (Å²) in [5.41, 5.74) is 1.29. The van der Waals surface area contributed by atoms with E-state index in [1.807, 2.05) is 13.8 Å². The normalized spacial score (nSPS) is 15.8. The van der Waals surface area contributed by atoms with Crippen LogP contribution in [0.4, 0.5) is 10.1 Å². The number of piperidine rings is 1. The van der Waals surface area contributed by atoms with E-state index in [0.29, 0.717) is 30.9 Å². The van der Waals surface area contributed by atoms with Gasteiger partial charge in [0.2, 0.25) is 15.9 Å². The average Bonchev–Trinajstić information content (AvgIpc) is 2.71. The van der Waals surface area contributed by atoms with Crippen molar-refractivity contribution in [3.05, 3.63) is 53.8 Å². The van der Waals surface area contributed by atoms with Crippen LogP contribution in [0.1, 0.15) is 25.3 Å². The lowest BCUT2D eigenvalue weighted by Crippen LogP contribution is -2.41. The quantitative estimate of drug-likeness (QED) is 0.775. The maximum atomic E-state index is 13.0. The first-order valence-electron chi connectivity index (χ1n) is 9.61. The van der Waals surface area contributed by atoms with Gasteiger partial charge in [0.1, 0.15) is 11.6 Å². The topological polar surface area (TPSA) is 75.7 Å².